The minimum atomic E-state index is -0.772. The molecule has 0 saturated heterocycles. The highest BCUT2D eigenvalue weighted by atomic mass is 16.7. The van der Waals surface area contributed by atoms with E-state index in [0.29, 0.717) is 30.5 Å². The molecule has 0 N–H and O–H groups in total. The van der Waals surface area contributed by atoms with Crippen LogP contribution in [0.2, 0.25) is 0 Å². The molecular weight excluding hydrogens is 272 g/mol. The second-order valence-corrected chi connectivity index (χ2v) is 4.17. The van der Waals surface area contributed by atoms with Gasteiger partial charge in [0.25, 0.3) is 0 Å². The van der Waals surface area contributed by atoms with Crippen LogP contribution in [0, 0.1) is 0 Å². The van der Waals surface area contributed by atoms with Gasteiger partial charge in [0.05, 0.1) is 20.3 Å². The number of hydrogen-bond donors (Lipinski definition) is 0. The predicted molar refractivity (Wildman–Crippen MR) is 79.3 cm³/mol. The molecule has 2 rings (SSSR count). The number of carbonyl (C=O) groups is 1. The van der Waals surface area contributed by atoms with Crippen molar-refractivity contribution < 1.29 is 23.7 Å². The summed E-state index contributed by atoms with van der Waals surface area (Å²) in [6.07, 6.45) is -0.772. The van der Waals surface area contributed by atoms with E-state index in [1.807, 2.05) is 38.1 Å². The molecule has 0 amide bonds. The summed E-state index contributed by atoms with van der Waals surface area (Å²) in [5.41, 5.74) is 0. The van der Waals surface area contributed by atoms with Gasteiger partial charge in [-0.1, -0.05) is 24.3 Å². The topological polar surface area (TPSA) is 54.0 Å². The number of benzene rings is 2. The number of ether oxygens (including phenoxy) is 4. The normalized spacial score (nSPS) is 10.2. The van der Waals surface area contributed by atoms with Crippen LogP contribution in [0.15, 0.2) is 30.3 Å². The number of methoxy groups -OCH3 is 1. The summed E-state index contributed by atoms with van der Waals surface area (Å²) in [7, 11) is 1.27. The van der Waals surface area contributed by atoms with Gasteiger partial charge in [-0.2, -0.15) is 0 Å². The van der Waals surface area contributed by atoms with Gasteiger partial charge < -0.3 is 18.9 Å². The zero-order valence-corrected chi connectivity index (χ0v) is 12.3. The van der Waals surface area contributed by atoms with Crippen LogP contribution in [0.3, 0.4) is 0 Å². The van der Waals surface area contributed by atoms with Crippen LogP contribution in [-0.2, 0) is 4.74 Å². The van der Waals surface area contributed by atoms with E-state index in [4.69, 9.17) is 14.2 Å². The Morgan fingerprint density at radius 2 is 1.67 bits per heavy atom. The highest BCUT2D eigenvalue weighted by Gasteiger charge is 2.17. The number of rotatable bonds is 5. The summed E-state index contributed by atoms with van der Waals surface area (Å²) in [6.45, 7) is 4.78. The molecule has 0 aliphatic heterocycles. The molecule has 2 aromatic carbocycles. The SMILES string of the molecule is CCOc1cc(OC(=O)OC)c2ccccc2c1OCC. The van der Waals surface area contributed by atoms with Crippen LogP contribution in [-0.4, -0.2) is 26.5 Å². The van der Waals surface area contributed by atoms with E-state index >= 15 is 0 Å². The lowest BCUT2D eigenvalue weighted by Crippen LogP contribution is -2.08. The molecule has 112 valence electrons. The first-order valence-electron chi connectivity index (χ1n) is 6.78. The van der Waals surface area contributed by atoms with Crippen LogP contribution in [0.1, 0.15) is 13.8 Å². The quantitative estimate of drug-likeness (QED) is 0.619. The Hall–Kier alpha value is -2.43. The van der Waals surface area contributed by atoms with E-state index in [1.54, 1.807) is 6.07 Å². The number of fused-ring (bicyclic) bond motifs is 1. The van der Waals surface area contributed by atoms with Gasteiger partial charge in [0.1, 0.15) is 5.75 Å². The second-order valence-electron chi connectivity index (χ2n) is 4.17. The van der Waals surface area contributed by atoms with Gasteiger partial charge >= 0.3 is 6.16 Å². The van der Waals surface area contributed by atoms with E-state index < -0.39 is 6.16 Å². The van der Waals surface area contributed by atoms with Crippen LogP contribution in [0.25, 0.3) is 10.8 Å². The fraction of sp³-hybridized carbons (Fsp3) is 0.312. The Morgan fingerprint density at radius 1 is 1.00 bits per heavy atom. The molecule has 0 aliphatic rings. The van der Waals surface area contributed by atoms with Crippen LogP contribution >= 0.6 is 0 Å². The van der Waals surface area contributed by atoms with Crippen molar-refractivity contribution in [1.29, 1.82) is 0 Å². The minimum Gasteiger partial charge on any atom is -0.490 e. The second kappa shape index (κ2) is 6.83. The molecule has 21 heavy (non-hydrogen) atoms. The molecule has 0 aromatic heterocycles. The summed E-state index contributed by atoms with van der Waals surface area (Å²) >= 11 is 0. The minimum absolute atomic E-state index is 0.379. The van der Waals surface area contributed by atoms with E-state index in [-0.39, 0.29) is 0 Å². The zero-order valence-electron chi connectivity index (χ0n) is 12.3. The van der Waals surface area contributed by atoms with Crippen molar-refractivity contribution in [3.05, 3.63) is 30.3 Å². The maximum absolute atomic E-state index is 11.4. The van der Waals surface area contributed by atoms with Crippen molar-refractivity contribution in [3.8, 4) is 17.2 Å². The third-order valence-corrected chi connectivity index (χ3v) is 2.87. The summed E-state index contributed by atoms with van der Waals surface area (Å²) in [5, 5.41) is 1.58. The smallest absolute Gasteiger partial charge is 0.490 e. The van der Waals surface area contributed by atoms with E-state index in [0.717, 1.165) is 10.8 Å². The zero-order chi connectivity index (χ0) is 15.2. The lowest BCUT2D eigenvalue weighted by molar-refractivity contribution is 0.122. The molecule has 2 aromatic rings. The largest absolute Gasteiger partial charge is 0.513 e. The first kappa shape index (κ1) is 15.0. The molecule has 0 radical (unpaired) electrons. The van der Waals surface area contributed by atoms with Crippen LogP contribution in [0.5, 0.6) is 17.2 Å². The molecule has 0 heterocycles. The molecule has 0 fully saturated rings. The molecule has 0 atom stereocenters. The Balaban J connectivity index is 2.63. The van der Waals surface area contributed by atoms with Gasteiger partial charge in [0.2, 0.25) is 0 Å². The third kappa shape index (κ3) is 3.18. The monoisotopic (exact) mass is 290 g/mol. The maximum atomic E-state index is 11.4. The van der Waals surface area contributed by atoms with E-state index in [1.165, 1.54) is 7.11 Å². The molecular formula is C16H18O5. The fourth-order valence-electron chi connectivity index (χ4n) is 2.06. The van der Waals surface area contributed by atoms with Crippen LogP contribution < -0.4 is 14.2 Å². The lowest BCUT2D eigenvalue weighted by atomic mass is 10.1. The van der Waals surface area contributed by atoms with Gasteiger partial charge in [0, 0.05) is 16.8 Å². The van der Waals surface area contributed by atoms with Gasteiger partial charge in [0.15, 0.2) is 11.5 Å². The molecule has 0 saturated carbocycles. The maximum Gasteiger partial charge on any atom is 0.513 e. The van der Waals surface area contributed by atoms with Crippen molar-refractivity contribution in [2.75, 3.05) is 20.3 Å². The highest BCUT2D eigenvalue weighted by molar-refractivity contribution is 5.96. The number of carbonyl (C=O) groups excluding carboxylic acids is 1. The van der Waals surface area contributed by atoms with Crippen molar-refractivity contribution in [3.63, 3.8) is 0 Å². The molecule has 0 spiro atoms. The van der Waals surface area contributed by atoms with Crippen molar-refractivity contribution in [2.45, 2.75) is 13.8 Å². The Morgan fingerprint density at radius 3 is 2.29 bits per heavy atom. The molecule has 0 bridgehead atoms. The summed E-state index contributed by atoms with van der Waals surface area (Å²) in [5.74, 6) is 1.56. The predicted octanol–water partition coefficient (Wildman–Crippen LogP) is 3.78. The summed E-state index contributed by atoms with van der Waals surface area (Å²) in [4.78, 5) is 11.4. The van der Waals surface area contributed by atoms with Gasteiger partial charge in [-0.3, -0.25) is 0 Å². The Bertz CT molecular complexity index is 636. The molecule has 0 unspecified atom stereocenters. The molecule has 0 aliphatic carbocycles. The highest BCUT2D eigenvalue weighted by Crippen LogP contribution is 2.41. The van der Waals surface area contributed by atoms with Crippen molar-refractivity contribution in [2.24, 2.45) is 0 Å². The average Bonchev–Trinajstić information content (AvgIpc) is 2.51. The van der Waals surface area contributed by atoms with E-state index in [9.17, 15) is 4.79 Å². The lowest BCUT2D eigenvalue weighted by Gasteiger charge is -2.16. The summed E-state index contributed by atoms with van der Waals surface area (Å²) < 4.78 is 21.0. The van der Waals surface area contributed by atoms with Gasteiger partial charge in [-0.05, 0) is 13.8 Å². The fourth-order valence-corrected chi connectivity index (χ4v) is 2.06. The van der Waals surface area contributed by atoms with Gasteiger partial charge in [-0.15, -0.1) is 0 Å². The van der Waals surface area contributed by atoms with Crippen LogP contribution in [0.4, 0.5) is 4.79 Å². The number of hydrogen-bond acceptors (Lipinski definition) is 5. The van der Waals surface area contributed by atoms with Crippen molar-refractivity contribution >= 4 is 16.9 Å². The average molecular weight is 290 g/mol. The summed E-state index contributed by atoms with van der Waals surface area (Å²) in [6, 6.07) is 9.15. The standard InChI is InChI=1S/C16H18O5/c1-4-19-14-10-13(21-16(17)18-3)11-8-6-7-9-12(11)15(14)20-5-2/h6-10H,4-5H2,1-3H3. The Labute approximate surface area is 123 Å². The third-order valence-electron chi connectivity index (χ3n) is 2.87. The molecule has 5 nitrogen and oxygen atoms in total. The first-order chi connectivity index (χ1) is 10.2. The Kier molecular flexibility index (Phi) is 4.87. The van der Waals surface area contributed by atoms with Gasteiger partial charge in [-0.25, -0.2) is 4.79 Å². The first-order valence-corrected chi connectivity index (χ1v) is 6.78. The van der Waals surface area contributed by atoms with Crippen molar-refractivity contribution in [1.82, 2.24) is 0 Å². The van der Waals surface area contributed by atoms with E-state index in [2.05, 4.69) is 4.74 Å². The molecule has 5 heteroatoms.